The summed E-state index contributed by atoms with van der Waals surface area (Å²) >= 11 is 0. The van der Waals surface area contributed by atoms with Crippen molar-refractivity contribution < 1.29 is 0 Å². The molecule has 10 rings (SSSR count). The van der Waals surface area contributed by atoms with Gasteiger partial charge in [-0.15, -0.1) is 0 Å². The van der Waals surface area contributed by atoms with Crippen molar-refractivity contribution in [3.8, 4) is 0 Å². The van der Waals surface area contributed by atoms with Gasteiger partial charge in [0.05, 0.1) is 6.17 Å². The second kappa shape index (κ2) is 11.9. The minimum atomic E-state index is 0.261. The van der Waals surface area contributed by atoms with Crippen LogP contribution < -0.4 is 10.6 Å². The zero-order valence-electron chi connectivity index (χ0n) is 29.0. The summed E-state index contributed by atoms with van der Waals surface area (Å²) in [6.45, 7) is 2.79. The van der Waals surface area contributed by atoms with E-state index in [1.165, 1.54) is 103 Å². The van der Waals surface area contributed by atoms with Gasteiger partial charge in [0.1, 0.15) is 0 Å². The average Bonchev–Trinajstić information content (AvgIpc) is 3.58. The van der Waals surface area contributed by atoms with E-state index in [2.05, 4.69) is 88.1 Å². The lowest BCUT2D eigenvalue weighted by molar-refractivity contribution is -0.0258. The van der Waals surface area contributed by atoms with Crippen molar-refractivity contribution in [1.82, 2.24) is 20.4 Å². The Labute approximate surface area is 284 Å². The average molecular weight is 633 g/mol. The van der Waals surface area contributed by atoms with E-state index in [-0.39, 0.29) is 5.54 Å². The van der Waals surface area contributed by atoms with Crippen LogP contribution in [0, 0.1) is 35.5 Å². The number of likely N-dealkylation sites (tertiary alicyclic amines) is 2. The first-order chi connectivity index (χ1) is 23.2. The van der Waals surface area contributed by atoms with Gasteiger partial charge in [0, 0.05) is 53.4 Å². The van der Waals surface area contributed by atoms with Gasteiger partial charge in [-0.05, 0) is 126 Å². The van der Waals surface area contributed by atoms with Crippen LogP contribution in [0.3, 0.4) is 0 Å². The Morgan fingerprint density at radius 1 is 0.766 bits per heavy atom. The Kier molecular flexibility index (Phi) is 7.58. The maximum Gasteiger partial charge on any atom is 0.0960 e. The first-order valence-electron chi connectivity index (χ1n) is 20.3. The number of hydrogen-bond acceptors (Lipinski definition) is 4. The van der Waals surface area contributed by atoms with Gasteiger partial charge >= 0.3 is 0 Å². The van der Waals surface area contributed by atoms with E-state index in [1.54, 1.807) is 11.3 Å². The van der Waals surface area contributed by atoms with Crippen LogP contribution in [-0.2, 0) is 0 Å². The lowest BCUT2D eigenvalue weighted by atomic mass is 9.56. The molecule has 0 spiro atoms. The molecule has 6 fully saturated rings. The lowest BCUT2D eigenvalue weighted by Gasteiger charge is -2.55. The molecule has 0 aromatic heterocycles. The van der Waals surface area contributed by atoms with E-state index in [0.717, 1.165) is 29.7 Å². The summed E-state index contributed by atoms with van der Waals surface area (Å²) in [5, 5.41) is 8.76. The standard InChI is InChI=1S/C43H60N4/c1-43-27-39-33(26-34(43)40-31-19-9-8-14-28(31)24-25-38(40)47(43)30-17-6-3-7-18-30)32-20-10-13-23-37(32)46(39)42-41(29-15-4-2-5-16-29)44-35-21-11-12-22-36(35)45-42/h2-4,6-7,11,17,20-21,23,28-31,33-36,38-42,44-45H,5,8-10,12-16,18-19,22,24-27H2,1H3/t28?,29?,30?,31-,33?,34?,35?,36?,38?,39?,40?,41?,42?,43?/m1/s1. The molecular weight excluding hydrogens is 573 g/mol. The third kappa shape index (κ3) is 4.69. The molecule has 14 atom stereocenters. The van der Waals surface area contributed by atoms with Crippen LogP contribution in [0.1, 0.15) is 110 Å². The summed E-state index contributed by atoms with van der Waals surface area (Å²) in [7, 11) is 0. The second-order valence-corrected chi connectivity index (χ2v) is 17.8. The highest BCUT2D eigenvalue weighted by atomic mass is 15.4. The molecule has 47 heavy (non-hydrogen) atoms. The summed E-state index contributed by atoms with van der Waals surface area (Å²) in [4.78, 5) is 6.26. The van der Waals surface area contributed by atoms with Gasteiger partial charge < -0.3 is 10.2 Å². The Hall–Kier alpha value is -1.88. The van der Waals surface area contributed by atoms with Crippen LogP contribution >= 0.6 is 0 Å². The molecule has 0 radical (unpaired) electrons. The number of allylic oxidation sites excluding steroid dienone is 8. The lowest BCUT2D eigenvalue weighted by Crippen LogP contribution is -2.73. The van der Waals surface area contributed by atoms with Crippen LogP contribution in [0.4, 0.5) is 0 Å². The van der Waals surface area contributed by atoms with E-state index < -0.39 is 0 Å². The topological polar surface area (TPSA) is 30.5 Å². The predicted octanol–water partition coefficient (Wildman–Crippen LogP) is 8.18. The molecule has 2 N–H and O–H groups in total. The number of piperazine rings is 1. The summed E-state index contributed by atoms with van der Waals surface area (Å²) in [5.41, 5.74) is 3.65. The minimum Gasteiger partial charge on any atom is -0.351 e. The van der Waals surface area contributed by atoms with Gasteiger partial charge in [-0.2, -0.15) is 0 Å². The normalized spacial score (nSPS) is 50.1. The number of hydrogen-bond donors (Lipinski definition) is 2. The van der Waals surface area contributed by atoms with Crippen LogP contribution in [0.15, 0.2) is 72.0 Å². The highest BCUT2D eigenvalue weighted by Crippen LogP contribution is 2.64. The zero-order valence-corrected chi connectivity index (χ0v) is 29.0. The Morgan fingerprint density at radius 3 is 2.57 bits per heavy atom. The Balaban J connectivity index is 1.05. The molecule has 3 saturated carbocycles. The largest absolute Gasteiger partial charge is 0.351 e. The van der Waals surface area contributed by atoms with Crippen molar-refractivity contribution in [1.29, 1.82) is 0 Å². The van der Waals surface area contributed by atoms with E-state index in [0.29, 0.717) is 48.2 Å². The molecule has 4 heteroatoms. The molecule has 7 aliphatic carbocycles. The summed E-state index contributed by atoms with van der Waals surface area (Å²) in [6, 6.07) is 3.43. The quantitative estimate of drug-likeness (QED) is 0.307. The van der Waals surface area contributed by atoms with Crippen LogP contribution in [0.25, 0.3) is 0 Å². The van der Waals surface area contributed by atoms with Crippen molar-refractivity contribution in [3.63, 3.8) is 0 Å². The molecule has 3 aliphatic heterocycles. The smallest absolute Gasteiger partial charge is 0.0960 e. The fourth-order valence-corrected chi connectivity index (χ4v) is 14.0. The van der Waals surface area contributed by atoms with Crippen molar-refractivity contribution in [2.75, 3.05) is 0 Å². The molecular formula is C43H60N4. The third-order valence-electron chi connectivity index (χ3n) is 15.7. The zero-order chi connectivity index (χ0) is 31.1. The van der Waals surface area contributed by atoms with E-state index >= 15 is 0 Å². The minimum absolute atomic E-state index is 0.261. The molecule has 252 valence electrons. The number of nitrogens with zero attached hydrogens (tertiary/aromatic N) is 2. The van der Waals surface area contributed by atoms with Gasteiger partial charge in [0.15, 0.2) is 0 Å². The van der Waals surface area contributed by atoms with Gasteiger partial charge in [-0.1, -0.05) is 80.0 Å². The number of nitrogens with one attached hydrogen (secondary N) is 2. The first kappa shape index (κ1) is 30.0. The van der Waals surface area contributed by atoms with Gasteiger partial charge in [0.25, 0.3) is 0 Å². The van der Waals surface area contributed by atoms with Gasteiger partial charge in [-0.3, -0.25) is 10.2 Å². The molecule has 0 aromatic carbocycles. The number of rotatable bonds is 3. The van der Waals surface area contributed by atoms with Gasteiger partial charge in [-0.25, -0.2) is 0 Å². The van der Waals surface area contributed by atoms with E-state index in [9.17, 15) is 0 Å². The third-order valence-corrected chi connectivity index (χ3v) is 15.7. The summed E-state index contributed by atoms with van der Waals surface area (Å²) in [5.74, 6) is 5.09. The first-order valence-corrected chi connectivity index (χ1v) is 20.3. The molecule has 0 aromatic rings. The second-order valence-electron chi connectivity index (χ2n) is 17.8. The SMILES string of the molecule is CC12CC3C(CC1C1C(CCC4CCCC[C@H]41)N2C1C=CC=CC1)C1=CCCC=C1N3C1NC2CCC=CC2NC1C1CC=CCC1. The van der Waals surface area contributed by atoms with E-state index in [1.807, 2.05) is 0 Å². The van der Waals surface area contributed by atoms with Crippen LogP contribution in [0.5, 0.6) is 0 Å². The van der Waals surface area contributed by atoms with Crippen LogP contribution in [-0.4, -0.2) is 57.8 Å². The monoisotopic (exact) mass is 632 g/mol. The number of fused-ring (bicyclic) bond motifs is 9. The summed E-state index contributed by atoms with van der Waals surface area (Å²) < 4.78 is 0. The highest BCUT2D eigenvalue weighted by Gasteiger charge is 2.66. The fraction of sp³-hybridized carbons (Fsp3) is 0.721. The van der Waals surface area contributed by atoms with Crippen molar-refractivity contribution >= 4 is 0 Å². The highest BCUT2D eigenvalue weighted by molar-refractivity contribution is 5.44. The molecule has 0 bridgehead atoms. The Morgan fingerprint density at radius 2 is 1.68 bits per heavy atom. The summed E-state index contributed by atoms with van der Waals surface area (Å²) in [6.07, 6.45) is 46.9. The molecule has 0 amide bonds. The maximum atomic E-state index is 4.43. The van der Waals surface area contributed by atoms with Crippen LogP contribution in [0.2, 0.25) is 0 Å². The predicted molar refractivity (Wildman–Crippen MR) is 192 cm³/mol. The van der Waals surface area contributed by atoms with Crippen molar-refractivity contribution in [3.05, 3.63) is 72.0 Å². The Bertz CT molecular complexity index is 1400. The molecule has 10 aliphatic rings. The molecule has 3 heterocycles. The van der Waals surface area contributed by atoms with Crippen molar-refractivity contribution in [2.24, 2.45) is 35.5 Å². The van der Waals surface area contributed by atoms with Gasteiger partial charge in [0.2, 0.25) is 0 Å². The maximum absolute atomic E-state index is 4.43. The molecule has 13 unspecified atom stereocenters. The molecule has 3 saturated heterocycles. The van der Waals surface area contributed by atoms with Crippen molar-refractivity contribution in [2.45, 2.75) is 158 Å². The molecule has 4 nitrogen and oxygen atoms in total. The van der Waals surface area contributed by atoms with E-state index in [4.69, 9.17) is 0 Å². The fourth-order valence-electron chi connectivity index (χ4n) is 14.0.